The lowest BCUT2D eigenvalue weighted by molar-refractivity contribution is -0.123. The standard InChI is InChI=1S/C30H36N2O5/c1-19-14-15-23(18-20(19)2)32(30(34)24-16-17-37-21(24)3)27(29(33)31-22-10-7-6-8-11-22)25-12-9-13-26(35-4)28(25)36-5/h9,12-18,22,27H,6-8,10-11H2,1-5H3,(H,31,33)/t27-/m1/s1. The van der Waals surface area contributed by atoms with Crippen LogP contribution in [0.3, 0.4) is 0 Å². The molecule has 3 aromatic rings. The van der Waals surface area contributed by atoms with Gasteiger partial charge in [-0.3, -0.25) is 14.5 Å². The van der Waals surface area contributed by atoms with Crippen LogP contribution in [0.15, 0.2) is 53.1 Å². The first kappa shape index (κ1) is 26.3. The maximum absolute atomic E-state index is 14.2. The van der Waals surface area contributed by atoms with Crippen molar-refractivity contribution in [3.63, 3.8) is 0 Å². The number of anilines is 1. The zero-order chi connectivity index (χ0) is 26.5. The van der Waals surface area contributed by atoms with E-state index in [1.807, 2.05) is 44.2 Å². The lowest BCUT2D eigenvalue weighted by atomic mass is 9.94. The molecule has 0 spiro atoms. The smallest absolute Gasteiger partial charge is 0.262 e. The maximum Gasteiger partial charge on any atom is 0.262 e. The minimum atomic E-state index is -1.00. The zero-order valence-corrected chi connectivity index (χ0v) is 22.3. The average molecular weight is 505 g/mol. The van der Waals surface area contributed by atoms with E-state index < -0.39 is 6.04 Å². The molecule has 0 aliphatic heterocycles. The van der Waals surface area contributed by atoms with Crippen LogP contribution in [-0.2, 0) is 4.79 Å². The highest BCUT2D eigenvalue weighted by Gasteiger charge is 2.38. The number of furan rings is 1. The molecule has 0 bridgehead atoms. The molecule has 37 heavy (non-hydrogen) atoms. The van der Waals surface area contributed by atoms with E-state index in [0.717, 1.165) is 36.8 Å². The highest BCUT2D eigenvalue weighted by molar-refractivity contribution is 6.10. The molecule has 1 atom stereocenters. The summed E-state index contributed by atoms with van der Waals surface area (Å²) in [5.41, 5.74) is 3.67. The molecule has 1 aliphatic carbocycles. The lowest BCUT2D eigenvalue weighted by Crippen LogP contribution is -2.47. The van der Waals surface area contributed by atoms with Gasteiger partial charge in [0.2, 0.25) is 5.91 Å². The van der Waals surface area contributed by atoms with Crippen molar-refractivity contribution in [2.45, 2.75) is 65.0 Å². The summed E-state index contributed by atoms with van der Waals surface area (Å²) >= 11 is 0. The molecule has 1 saturated carbocycles. The van der Waals surface area contributed by atoms with E-state index in [9.17, 15) is 9.59 Å². The molecular weight excluding hydrogens is 468 g/mol. The lowest BCUT2D eigenvalue weighted by Gasteiger charge is -2.34. The molecule has 2 aromatic carbocycles. The van der Waals surface area contributed by atoms with Crippen LogP contribution in [0.1, 0.15) is 71.0 Å². The fourth-order valence-electron chi connectivity index (χ4n) is 5.05. The first-order valence-electron chi connectivity index (χ1n) is 12.8. The monoisotopic (exact) mass is 504 g/mol. The zero-order valence-electron chi connectivity index (χ0n) is 22.3. The van der Waals surface area contributed by atoms with Gasteiger partial charge in [-0.15, -0.1) is 0 Å². The van der Waals surface area contributed by atoms with Crippen molar-refractivity contribution in [2.24, 2.45) is 0 Å². The number of para-hydroxylation sites is 1. The highest BCUT2D eigenvalue weighted by Crippen LogP contribution is 2.40. The van der Waals surface area contributed by atoms with Crippen LogP contribution < -0.4 is 19.7 Å². The molecule has 4 rings (SSSR count). The van der Waals surface area contributed by atoms with Gasteiger partial charge in [0, 0.05) is 17.3 Å². The van der Waals surface area contributed by atoms with Crippen LogP contribution in [0.2, 0.25) is 0 Å². The molecule has 0 saturated heterocycles. The Kier molecular flexibility index (Phi) is 8.21. The van der Waals surface area contributed by atoms with Crippen LogP contribution in [0.5, 0.6) is 11.5 Å². The van der Waals surface area contributed by atoms with Crippen molar-refractivity contribution in [3.8, 4) is 11.5 Å². The molecule has 1 fully saturated rings. The van der Waals surface area contributed by atoms with Gasteiger partial charge in [-0.25, -0.2) is 0 Å². The van der Waals surface area contributed by atoms with Crippen molar-refractivity contribution >= 4 is 17.5 Å². The fourth-order valence-corrected chi connectivity index (χ4v) is 5.05. The Morgan fingerprint density at radius 2 is 1.73 bits per heavy atom. The van der Waals surface area contributed by atoms with Gasteiger partial charge in [0.1, 0.15) is 11.8 Å². The van der Waals surface area contributed by atoms with Crippen LogP contribution >= 0.6 is 0 Å². The summed E-state index contributed by atoms with van der Waals surface area (Å²) in [5.74, 6) is 0.805. The second kappa shape index (κ2) is 11.5. The minimum absolute atomic E-state index is 0.0627. The summed E-state index contributed by atoms with van der Waals surface area (Å²) in [6.07, 6.45) is 6.66. The van der Waals surface area contributed by atoms with Crippen LogP contribution in [0, 0.1) is 20.8 Å². The number of ether oxygens (including phenoxy) is 2. The summed E-state index contributed by atoms with van der Waals surface area (Å²) in [5, 5.41) is 3.24. The third-order valence-electron chi connectivity index (χ3n) is 7.26. The number of methoxy groups -OCH3 is 2. The van der Waals surface area contributed by atoms with Crippen molar-refractivity contribution in [1.29, 1.82) is 0 Å². The van der Waals surface area contributed by atoms with Gasteiger partial charge in [0.15, 0.2) is 11.5 Å². The van der Waals surface area contributed by atoms with Crippen molar-refractivity contribution in [3.05, 3.63) is 76.7 Å². The Hall–Kier alpha value is -3.74. The van der Waals surface area contributed by atoms with E-state index >= 15 is 0 Å². The molecule has 1 heterocycles. The van der Waals surface area contributed by atoms with E-state index in [-0.39, 0.29) is 17.9 Å². The molecule has 0 unspecified atom stereocenters. The van der Waals surface area contributed by atoms with E-state index in [2.05, 4.69) is 5.32 Å². The number of hydrogen-bond acceptors (Lipinski definition) is 5. The van der Waals surface area contributed by atoms with Gasteiger partial charge in [0.25, 0.3) is 5.91 Å². The maximum atomic E-state index is 14.2. The van der Waals surface area contributed by atoms with Crippen LogP contribution in [-0.4, -0.2) is 32.1 Å². The molecule has 7 nitrogen and oxygen atoms in total. The van der Waals surface area contributed by atoms with Crippen molar-refractivity contribution < 1.29 is 23.5 Å². The SMILES string of the molecule is COc1cccc([C@H](C(=O)NC2CCCCC2)N(C(=O)c2ccoc2C)c2ccc(C)c(C)c2)c1OC. The Balaban J connectivity index is 1.91. The normalized spacial score (nSPS) is 14.6. The van der Waals surface area contributed by atoms with Gasteiger partial charge in [0.05, 0.1) is 26.0 Å². The van der Waals surface area contributed by atoms with Crippen molar-refractivity contribution in [1.82, 2.24) is 5.32 Å². The third-order valence-corrected chi connectivity index (χ3v) is 7.26. The van der Waals surface area contributed by atoms with Gasteiger partial charge >= 0.3 is 0 Å². The largest absolute Gasteiger partial charge is 0.493 e. The molecular formula is C30H36N2O5. The summed E-state index contributed by atoms with van der Waals surface area (Å²) in [6, 6.07) is 11.9. The minimum Gasteiger partial charge on any atom is -0.493 e. The van der Waals surface area contributed by atoms with Crippen molar-refractivity contribution in [2.75, 3.05) is 19.1 Å². The average Bonchev–Trinajstić information content (AvgIpc) is 3.34. The van der Waals surface area contributed by atoms with Crippen LogP contribution in [0.25, 0.3) is 0 Å². The number of rotatable bonds is 8. The Morgan fingerprint density at radius 1 is 0.973 bits per heavy atom. The summed E-state index contributed by atoms with van der Waals surface area (Å²) in [6.45, 7) is 5.76. The Bertz CT molecular complexity index is 1260. The van der Waals surface area contributed by atoms with Crippen LogP contribution in [0.4, 0.5) is 5.69 Å². The molecule has 1 aromatic heterocycles. The van der Waals surface area contributed by atoms with E-state index in [1.54, 1.807) is 38.2 Å². The molecule has 7 heteroatoms. The predicted molar refractivity (Wildman–Crippen MR) is 143 cm³/mol. The predicted octanol–water partition coefficient (Wildman–Crippen LogP) is 6.06. The topological polar surface area (TPSA) is 81.0 Å². The highest BCUT2D eigenvalue weighted by atomic mass is 16.5. The van der Waals surface area contributed by atoms with E-state index in [1.165, 1.54) is 12.7 Å². The summed E-state index contributed by atoms with van der Waals surface area (Å²) < 4.78 is 16.8. The second-order valence-corrected chi connectivity index (χ2v) is 9.66. The number of amides is 2. The van der Waals surface area contributed by atoms with Gasteiger partial charge in [-0.1, -0.05) is 37.5 Å². The number of nitrogens with one attached hydrogen (secondary N) is 1. The number of carbonyl (C=O) groups excluding carboxylic acids is 2. The number of hydrogen-bond donors (Lipinski definition) is 1. The van der Waals surface area contributed by atoms with E-state index in [0.29, 0.717) is 34.1 Å². The molecule has 1 aliphatic rings. The van der Waals surface area contributed by atoms with E-state index in [4.69, 9.17) is 13.9 Å². The third kappa shape index (κ3) is 5.50. The summed E-state index contributed by atoms with van der Waals surface area (Å²) in [7, 11) is 3.10. The van der Waals surface area contributed by atoms with Gasteiger partial charge in [-0.2, -0.15) is 0 Å². The molecule has 2 amide bonds. The quantitative estimate of drug-likeness (QED) is 0.403. The first-order valence-corrected chi connectivity index (χ1v) is 12.8. The Labute approximate surface area is 218 Å². The van der Waals surface area contributed by atoms with Gasteiger partial charge < -0.3 is 19.2 Å². The van der Waals surface area contributed by atoms with Gasteiger partial charge in [-0.05, 0) is 69.0 Å². The Morgan fingerprint density at radius 3 is 2.35 bits per heavy atom. The first-order chi connectivity index (χ1) is 17.8. The molecule has 1 N–H and O–H groups in total. The fraction of sp³-hybridized carbons (Fsp3) is 0.400. The number of nitrogens with zero attached hydrogens (tertiary/aromatic N) is 1. The second-order valence-electron chi connectivity index (χ2n) is 9.66. The number of aryl methyl sites for hydroxylation is 3. The molecule has 0 radical (unpaired) electrons. The number of benzene rings is 2. The molecule has 196 valence electrons. The summed E-state index contributed by atoms with van der Waals surface area (Å²) in [4.78, 5) is 29.9. The number of carbonyl (C=O) groups is 2.